The number of rotatable bonds is 10. The van der Waals surface area contributed by atoms with E-state index in [2.05, 4.69) is 14.9 Å². The average Bonchev–Trinajstić information content (AvgIpc) is 2.92. The predicted molar refractivity (Wildman–Crippen MR) is 140 cm³/mol. The molecular weight excluding hydrogens is 500 g/mol. The highest BCUT2D eigenvalue weighted by molar-refractivity contribution is 7.99. The Balaban J connectivity index is 1.40. The second-order valence-electron chi connectivity index (χ2n) is 9.06. The standard InChI is InChI=1S/C26H31ClN4O4S/c1-35-18-4-5-22-20(15-18)24(21(27)17-29-22)23(32)6-7-26(25(33)30-34)8-11-31(12-9-26)13-14-36-19-3-2-10-28-16-19/h2-5,10,15-17,23,32,34H,6-9,11-14H2,1H3,(H,30,33)/t23-/m1/s1. The molecule has 10 heteroatoms. The number of piperidine rings is 1. The van der Waals surface area contributed by atoms with Gasteiger partial charge >= 0.3 is 0 Å². The Morgan fingerprint density at radius 1 is 1.31 bits per heavy atom. The number of likely N-dealkylation sites (tertiary alicyclic amines) is 1. The lowest BCUT2D eigenvalue weighted by molar-refractivity contribution is -0.143. The number of nitrogens with zero attached hydrogens (tertiary/aromatic N) is 3. The van der Waals surface area contributed by atoms with Crippen molar-refractivity contribution in [3.05, 3.63) is 59.5 Å². The van der Waals surface area contributed by atoms with Gasteiger partial charge in [-0.05, 0) is 69.1 Å². The normalized spacial score (nSPS) is 16.6. The third kappa shape index (κ3) is 6.10. The van der Waals surface area contributed by atoms with Gasteiger partial charge in [0.05, 0.1) is 29.2 Å². The number of aliphatic hydroxyl groups is 1. The summed E-state index contributed by atoms with van der Waals surface area (Å²) < 4.78 is 5.33. The quantitative estimate of drug-likeness (QED) is 0.200. The van der Waals surface area contributed by atoms with Crippen LogP contribution >= 0.6 is 23.4 Å². The van der Waals surface area contributed by atoms with Crippen molar-refractivity contribution in [2.24, 2.45) is 5.41 Å². The molecule has 0 bridgehead atoms. The van der Waals surface area contributed by atoms with Crippen molar-refractivity contribution >= 4 is 40.2 Å². The molecule has 0 aliphatic carbocycles. The molecule has 1 aliphatic rings. The molecule has 1 amide bonds. The molecule has 1 aromatic carbocycles. The van der Waals surface area contributed by atoms with Crippen LogP contribution in [-0.2, 0) is 4.79 Å². The number of hydrogen-bond acceptors (Lipinski definition) is 8. The van der Waals surface area contributed by atoms with Crippen LogP contribution in [-0.4, -0.2) is 63.6 Å². The summed E-state index contributed by atoms with van der Waals surface area (Å²) in [5, 5.41) is 21.7. The molecule has 1 fully saturated rings. The molecule has 8 nitrogen and oxygen atoms in total. The smallest absolute Gasteiger partial charge is 0.249 e. The molecule has 4 rings (SSSR count). The molecule has 1 atom stereocenters. The van der Waals surface area contributed by atoms with Crippen LogP contribution in [0.4, 0.5) is 0 Å². The zero-order chi connectivity index (χ0) is 25.5. The Labute approximate surface area is 220 Å². The first-order chi connectivity index (χ1) is 17.5. The minimum atomic E-state index is -0.896. The number of halogens is 1. The van der Waals surface area contributed by atoms with Crippen LogP contribution in [0.5, 0.6) is 5.75 Å². The van der Waals surface area contributed by atoms with E-state index >= 15 is 0 Å². The van der Waals surface area contributed by atoms with Crippen molar-refractivity contribution in [2.45, 2.75) is 36.7 Å². The van der Waals surface area contributed by atoms with E-state index < -0.39 is 17.4 Å². The van der Waals surface area contributed by atoms with Gasteiger partial charge in [0.15, 0.2) is 0 Å². The minimum absolute atomic E-state index is 0.320. The van der Waals surface area contributed by atoms with Gasteiger partial charge in [0.25, 0.3) is 0 Å². The van der Waals surface area contributed by atoms with E-state index in [1.54, 1.807) is 25.1 Å². The number of pyridine rings is 2. The third-order valence-corrected chi connectivity index (χ3v) is 8.27. The number of aromatic nitrogens is 2. The lowest BCUT2D eigenvalue weighted by Crippen LogP contribution is -2.48. The number of thioether (sulfide) groups is 1. The fraction of sp³-hybridized carbons (Fsp3) is 0.423. The van der Waals surface area contributed by atoms with E-state index in [4.69, 9.17) is 16.3 Å². The van der Waals surface area contributed by atoms with Gasteiger partial charge in [-0.15, -0.1) is 11.8 Å². The van der Waals surface area contributed by atoms with Crippen molar-refractivity contribution in [2.75, 3.05) is 32.5 Å². The van der Waals surface area contributed by atoms with E-state index in [1.807, 2.05) is 42.0 Å². The number of methoxy groups -OCH3 is 1. The number of hydrogen-bond donors (Lipinski definition) is 3. The molecule has 0 radical (unpaired) electrons. The van der Waals surface area contributed by atoms with Crippen molar-refractivity contribution in [3.63, 3.8) is 0 Å². The second kappa shape index (κ2) is 12.2. The summed E-state index contributed by atoms with van der Waals surface area (Å²) in [6.07, 6.45) is 6.20. The number of amides is 1. The molecule has 0 saturated carbocycles. The van der Waals surface area contributed by atoms with Crippen LogP contribution in [0.2, 0.25) is 5.02 Å². The first-order valence-corrected chi connectivity index (χ1v) is 13.3. The summed E-state index contributed by atoms with van der Waals surface area (Å²) in [6.45, 7) is 2.39. The lowest BCUT2D eigenvalue weighted by Gasteiger charge is -2.40. The molecule has 3 N–H and O–H groups in total. The molecule has 3 aromatic rings. The molecule has 2 aromatic heterocycles. The van der Waals surface area contributed by atoms with Crippen LogP contribution in [0.15, 0.2) is 53.8 Å². The topological polar surface area (TPSA) is 108 Å². The molecule has 0 spiro atoms. The maximum Gasteiger partial charge on any atom is 0.249 e. The number of aliphatic hydroxyl groups excluding tert-OH is 1. The summed E-state index contributed by atoms with van der Waals surface area (Å²) in [4.78, 5) is 24.7. The highest BCUT2D eigenvalue weighted by Crippen LogP contribution is 2.41. The summed E-state index contributed by atoms with van der Waals surface area (Å²) in [6, 6.07) is 9.42. The van der Waals surface area contributed by atoms with E-state index in [9.17, 15) is 15.1 Å². The molecule has 1 aliphatic heterocycles. The number of benzene rings is 1. The van der Waals surface area contributed by atoms with Gasteiger partial charge in [-0.25, -0.2) is 5.48 Å². The van der Waals surface area contributed by atoms with Crippen LogP contribution in [0.25, 0.3) is 10.9 Å². The van der Waals surface area contributed by atoms with Crippen LogP contribution in [0.3, 0.4) is 0 Å². The maximum absolute atomic E-state index is 12.8. The molecule has 1 saturated heterocycles. The Morgan fingerprint density at radius 2 is 2.11 bits per heavy atom. The monoisotopic (exact) mass is 530 g/mol. The summed E-state index contributed by atoms with van der Waals surface area (Å²) in [5.41, 5.74) is 2.39. The zero-order valence-electron chi connectivity index (χ0n) is 20.2. The third-order valence-electron chi connectivity index (χ3n) is 7.00. The number of hydroxylamine groups is 1. The first kappa shape index (κ1) is 26.6. The molecule has 36 heavy (non-hydrogen) atoms. The fourth-order valence-corrected chi connectivity index (χ4v) is 6.00. The zero-order valence-corrected chi connectivity index (χ0v) is 21.8. The molecule has 0 unspecified atom stereocenters. The molecular formula is C26H31ClN4O4S. The number of ether oxygens (including phenoxy) is 1. The van der Waals surface area contributed by atoms with Gasteiger partial charge in [-0.3, -0.25) is 20.0 Å². The number of nitrogens with one attached hydrogen (secondary N) is 1. The SMILES string of the molecule is COc1ccc2ncc(Cl)c([C@H](O)CCC3(C(=O)NO)CCN(CCSc4cccnc4)CC3)c2c1. The van der Waals surface area contributed by atoms with Gasteiger partial charge in [-0.1, -0.05) is 11.6 Å². The van der Waals surface area contributed by atoms with Crippen LogP contribution in [0.1, 0.15) is 37.4 Å². The summed E-state index contributed by atoms with van der Waals surface area (Å²) in [7, 11) is 1.58. The first-order valence-electron chi connectivity index (χ1n) is 12.0. The summed E-state index contributed by atoms with van der Waals surface area (Å²) in [5.74, 6) is 1.18. The Morgan fingerprint density at radius 3 is 2.81 bits per heavy atom. The number of carbonyl (C=O) groups is 1. The van der Waals surface area contributed by atoms with Crippen LogP contribution in [0, 0.1) is 5.41 Å². The predicted octanol–water partition coefficient (Wildman–Crippen LogP) is 4.49. The highest BCUT2D eigenvalue weighted by Gasteiger charge is 2.41. The molecule has 192 valence electrons. The number of carbonyl (C=O) groups excluding carboxylic acids is 1. The van der Waals surface area contributed by atoms with Crippen molar-refractivity contribution in [1.82, 2.24) is 20.3 Å². The van der Waals surface area contributed by atoms with Crippen LogP contribution < -0.4 is 10.2 Å². The van der Waals surface area contributed by atoms with Crippen molar-refractivity contribution in [1.29, 1.82) is 0 Å². The van der Waals surface area contributed by atoms with E-state index in [0.29, 0.717) is 47.5 Å². The Bertz CT molecular complexity index is 1180. The minimum Gasteiger partial charge on any atom is -0.497 e. The maximum atomic E-state index is 12.8. The van der Waals surface area contributed by atoms with Crippen molar-refractivity contribution < 1.29 is 19.8 Å². The van der Waals surface area contributed by atoms with Crippen molar-refractivity contribution in [3.8, 4) is 5.75 Å². The Kier molecular flexibility index (Phi) is 9.03. The van der Waals surface area contributed by atoms with E-state index in [0.717, 1.165) is 35.7 Å². The average molecular weight is 531 g/mol. The van der Waals surface area contributed by atoms with Gasteiger partial charge < -0.3 is 14.7 Å². The summed E-state index contributed by atoms with van der Waals surface area (Å²) >= 11 is 8.21. The second-order valence-corrected chi connectivity index (χ2v) is 10.6. The largest absolute Gasteiger partial charge is 0.497 e. The van der Waals surface area contributed by atoms with E-state index in [1.165, 1.54) is 6.20 Å². The van der Waals surface area contributed by atoms with Gasteiger partial charge in [0.2, 0.25) is 5.91 Å². The number of fused-ring (bicyclic) bond motifs is 1. The van der Waals surface area contributed by atoms with Gasteiger partial charge in [0.1, 0.15) is 5.75 Å². The fourth-order valence-electron chi connectivity index (χ4n) is 4.83. The highest BCUT2D eigenvalue weighted by atomic mass is 35.5. The van der Waals surface area contributed by atoms with E-state index in [-0.39, 0.29) is 0 Å². The molecule has 3 heterocycles. The van der Waals surface area contributed by atoms with Gasteiger partial charge in [0, 0.05) is 46.7 Å². The van der Waals surface area contributed by atoms with Gasteiger partial charge in [-0.2, -0.15) is 0 Å². The lowest BCUT2D eigenvalue weighted by atomic mass is 9.73. The Hall–Kier alpha value is -2.43.